The molecule has 106 valence electrons. The summed E-state index contributed by atoms with van der Waals surface area (Å²) in [6, 6.07) is 8.10. The van der Waals surface area contributed by atoms with E-state index in [0.717, 1.165) is 5.69 Å². The number of amides is 2. The van der Waals surface area contributed by atoms with Gasteiger partial charge in [0.25, 0.3) is 0 Å². The second kappa shape index (κ2) is 3.75. The third-order valence-electron chi connectivity index (χ3n) is 5.01. The number of carbonyl (C=O) groups is 2. The molecule has 2 aliphatic rings. The van der Waals surface area contributed by atoms with E-state index in [1.165, 1.54) is 5.56 Å². The van der Waals surface area contributed by atoms with Gasteiger partial charge in [-0.2, -0.15) is 0 Å². The van der Waals surface area contributed by atoms with Gasteiger partial charge in [-0.3, -0.25) is 9.59 Å². The van der Waals surface area contributed by atoms with Gasteiger partial charge in [0, 0.05) is 11.1 Å². The molecule has 0 saturated carbocycles. The number of anilines is 1. The van der Waals surface area contributed by atoms with E-state index in [1.807, 2.05) is 25.1 Å². The number of hydrogen-bond donors (Lipinski definition) is 1. The number of carbonyl (C=O) groups excluding carboxylic acids is 2. The summed E-state index contributed by atoms with van der Waals surface area (Å²) < 4.78 is 0. The molecule has 1 aromatic rings. The minimum absolute atomic E-state index is 0.0384. The lowest BCUT2D eigenvalue weighted by Crippen LogP contribution is -2.60. The molecule has 1 aromatic carbocycles. The average molecular weight is 273 g/mol. The van der Waals surface area contributed by atoms with Crippen molar-refractivity contribution in [1.82, 2.24) is 4.90 Å². The highest BCUT2D eigenvalue weighted by Gasteiger charge is 2.62. The number of para-hydroxylation sites is 1. The number of benzene rings is 1. The zero-order chi connectivity index (χ0) is 14.7. The first-order chi connectivity index (χ1) is 9.30. The molecule has 1 saturated heterocycles. The standard InChI is InChI=1S/C15H19N3O2/c1-14(2)10-6-4-5-7-11(10)17-9-13(20)18(8-12(16)19)15(14,17)3/h4-7H,8-9H2,1-3H3,(H2,16,19)/t15-/m0/s1. The summed E-state index contributed by atoms with van der Waals surface area (Å²) in [7, 11) is 0. The lowest BCUT2D eigenvalue weighted by atomic mass is 9.76. The van der Waals surface area contributed by atoms with Crippen molar-refractivity contribution in [3.63, 3.8) is 0 Å². The predicted octanol–water partition coefficient (Wildman–Crippen LogP) is 0.828. The van der Waals surface area contributed by atoms with E-state index >= 15 is 0 Å². The maximum absolute atomic E-state index is 12.3. The molecule has 0 bridgehead atoms. The molecule has 0 aromatic heterocycles. The fraction of sp³-hybridized carbons (Fsp3) is 0.467. The zero-order valence-electron chi connectivity index (χ0n) is 12.0. The molecule has 1 fully saturated rings. The number of fused-ring (bicyclic) bond motifs is 3. The maximum Gasteiger partial charge on any atom is 0.244 e. The van der Waals surface area contributed by atoms with Crippen molar-refractivity contribution in [2.75, 3.05) is 18.0 Å². The molecular weight excluding hydrogens is 254 g/mol. The van der Waals surface area contributed by atoms with E-state index in [9.17, 15) is 9.59 Å². The average Bonchev–Trinajstić information content (AvgIpc) is 2.72. The molecule has 5 heteroatoms. The number of rotatable bonds is 2. The molecule has 0 spiro atoms. The molecule has 1 atom stereocenters. The largest absolute Gasteiger partial charge is 0.368 e. The van der Waals surface area contributed by atoms with E-state index in [2.05, 4.69) is 24.8 Å². The molecular formula is C15H19N3O2. The second-order valence-electron chi connectivity index (χ2n) is 6.20. The van der Waals surface area contributed by atoms with Gasteiger partial charge in [-0.1, -0.05) is 32.0 Å². The van der Waals surface area contributed by atoms with Crippen LogP contribution < -0.4 is 10.6 Å². The summed E-state index contributed by atoms with van der Waals surface area (Å²) in [6.45, 7) is 6.49. The van der Waals surface area contributed by atoms with Gasteiger partial charge in [0.2, 0.25) is 11.8 Å². The minimum Gasteiger partial charge on any atom is -0.368 e. The van der Waals surface area contributed by atoms with Crippen LogP contribution >= 0.6 is 0 Å². The van der Waals surface area contributed by atoms with Crippen LogP contribution in [-0.4, -0.2) is 35.5 Å². The first-order valence-electron chi connectivity index (χ1n) is 6.76. The molecule has 5 nitrogen and oxygen atoms in total. The fourth-order valence-electron chi connectivity index (χ4n) is 3.65. The van der Waals surface area contributed by atoms with Crippen molar-refractivity contribution < 1.29 is 9.59 Å². The molecule has 0 aliphatic carbocycles. The topological polar surface area (TPSA) is 66.6 Å². The first-order valence-corrected chi connectivity index (χ1v) is 6.76. The van der Waals surface area contributed by atoms with Gasteiger partial charge >= 0.3 is 0 Å². The predicted molar refractivity (Wildman–Crippen MR) is 76.1 cm³/mol. The monoisotopic (exact) mass is 273 g/mol. The van der Waals surface area contributed by atoms with E-state index in [0.29, 0.717) is 6.54 Å². The van der Waals surface area contributed by atoms with E-state index in [1.54, 1.807) is 4.90 Å². The normalized spacial score (nSPS) is 26.6. The van der Waals surface area contributed by atoms with Crippen molar-refractivity contribution in [2.45, 2.75) is 31.8 Å². The van der Waals surface area contributed by atoms with Crippen molar-refractivity contribution in [1.29, 1.82) is 0 Å². The zero-order valence-corrected chi connectivity index (χ0v) is 12.0. The van der Waals surface area contributed by atoms with Crippen LogP contribution in [0.4, 0.5) is 5.69 Å². The van der Waals surface area contributed by atoms with Gasteiger partial charge in [-0.25, -0.2) is 0 Å². The summed E-state index contributed by atoms with van der Waals surface area (Å²) in [5.41, 5.74) is 6.76. The summed E-state index contributed by atoms with van der Waals surface area (Å²) in [4.78, 5) is 27.3. The quantitative estimate of drug-likeness (QED) is 0.868. The minimum atomic E-state index is -0.553. The van der Waals surface area contributed by atoms with Crippen LogP contribution in [0.3, 0.4) is 0 Å². The smallest absolute Gasteiger partial charge is 0.244 e. The SMILES string of the molecule is CC1(C)c2ccccc2N2CC(=O)N(CC(N)=O)[C@]21C. The second-order valence-corrected chi connectivity index (χ2v) is 6.20. The highest BCUT2D eigenvalue weighted by Crippen LogP contribution is 2.54. The van der Waals surface area contributed by atoms with Crippen LogP contribution in [0, 0.1) is 0 Å². The summed E-state index contributed by atoms with van der Waals surface area (Å²) in [6.07, 6.45) is 0. The van der Waals surface area contributed by atoms with Gasteiger partial charge < -0.3 is 15.5 Å². The Morgan fingerprint density at radius 1 is 1.30 bits per heavy atom. The van der Waals surface area contributed by atoms with Crippen LogP contribution in [0.1, 0.15) is 26.3 Å². The molecule has 2 aliphatic heterocycles. The first kappa shape index (κ1) is 13.0. The molecule has 0 radical (unpaired) electrons. The Hall–Kier alpha value is -2.04. The molecule has 2 heterocycles. The van der Waals surface area contributed by atoms with Gasteiger partial charge in [0.05, 0.1) is 6.54 Å². The Morgan fingerprint density at radius 2 is 1.95 bits per heavy atom. The Bertz CT molecular complexity index is 611. The van der Waals surface area contributed by atoms with Crippen molar-refractivity contribution >= 4 is 17.5 Å². The Balaban J connectivity index is 2.17. The van der Waals surface area contributed by atoms with Crippen LogP contribution in [0.15, 0.2) is 24.3 Å². The molecule has 3 rings (SSSR count). The van der Waals surface area contributed by atoms with Crippen molar-refractivity contribution in [2.24, 2.45) is 5.73 Å². The Labute approximate surface area is 118 Å². The summed E-state index contributed by atoms with van der Waals surface area (Å²) in [5, 5.41) is 0. The van der Waals surface area contributed by atoms with Crippen LogP contribution in [-0.2, 0) is 15.0 Å². The Kier molecular flexibility index (Phi) is 2.43. The molecule has 2 amide bonds. The lowest BCUT2D eigenvalue weighted by Gasteiger charge is -2.45. The van der Waals surface area contributed by atoms with Crippen molar-refractivity contribution in [3.05, 3.63) is 29.8 Å². The van der Waals surface area contributed by atoms with Gasteiger partial charge in [0.15, 0.2) is 0 Å². The summed E-state index contributed by atoms with van der Waals surface area (Å²) in [5.74, 6) is -0.526. The van der Waals surface area contributed by atoms with E-state index < -0.39 is 11.6 Å². The van der Waals surface area contributed by atoms with E-state index in [-0.39, 0.29) is 17.9 Å². The van der Waals surface area contributed by atoms with Gasteiger partial charge in [-0.05, 0) is 18.6 Å². The number of hydrogen-bond acceptors (Lipinski definition) is 3. The maximum atomic E-state index is 12.3. The Morgan fingerprint density at radius 3 is 2.60 bits per heavy atom. The molecule has 2 N–H and O–H groups in total. The van der Waals surface area contributed by atoms with Crippen LogP contribution in [0.2, 0.25) is 0 Å². The number of nitrogens with two attached hydrogens (primary N) is 1. The van der Waals surface area contributed by atoms with Crippen LogP contribution in [0.5, 0.6) is 0 Å². The van der Waals surface area contributed by atoms with E-state index in [4.69, 9.17) is 5.73 Å². The van der Waals surface area contributed by atoms with Gasteiger partial charge in [0.1, 0.15) is 12.2 Å². The lowest BCUT2D eigenvalue weighted by molar-refractivity contribution is -0.136. The third-order valence-corrected chi connectivity index (χ3v) is 5.01. The number of nitrogens with zero attached hydrogens (tertiary/aromatic N) is 2. The van der Waals surface area contributed by atoms with Gasteiger partial charge in [-0.15, -0.1) is 0 Å². The fourth-order valence-corrected chi connectivity index (χ4v) is 3.65. The molecule has 20 heavy (non-hydrogen) atoms. The number of primary amides is 1. The van der Waals surface area contributed by atoms with Crippen LogP contribution in [0.25, 0.3) is 0 Å². The summed E-state index contributed by atoms with van der Waals surface area (Å²) >= 11 is 0. The highest BCUT2D eigenvalue weighted by atomic mass is 16.2. The third kappa shape index (κ3) is 1.32. The molecule has 0 unspecified atom stereocenters. The van der Waals surface area contributed by atoms with Crippen molar-refractivity contribution in [3.8, 4) is 0 Å². The highest BCUT2D eigenvalue weighted by molar-refractivity contribution is 5.93.